The van der Waals surface area contributed by atoms with Crippen LogP contribution < -0.4 is 5.43 Å². The molecule has 0 atom stereocenters. The zero-order valence-corrected chi connectivity index (χ0v) is 14.5. The van der Waals surface area contributed by atoms with Crippen molar-refractivity contribution in [3.63, 3.8) is 0 Å². The van der Waals surface area contributed by atoms with Gasteiger partial charge in [-0.15, -0.1) is 5.10 Å². The van der Waals surface area contributed by atoms with Gasteiger partial charge in [-0.2, -0.15) is 5.10 Å². The number of hydrogen-bond acceptors (Lipinski definition) is 7. The molecule has 0 spiro atoms. The number of carbonyl (C=O) groups is 1. The Labute approximate surface area is 157 Å². The number of carbonyl (C=O) groups excluding carboxylic acids is 1. The Hall–Kier alpha value is -3.53. The average molecular weight is 389 g/mol. The highest BCUT2D eigenvalue weighted by molar-refractivity contribution is 6.31. The van der Waals surface area contributed by atoms with Gasteiger partial charge >= 0.3 is 5.69 Å². The maximum absolute atomic E-state index is 11.9. The second-order valence-electron chi connectivity index (χ2n) is 5.46. The van der Waals surface area contributed by atoms with Crippen LogP contribution in [0.4, 0.5) is 5.69 Å². The first-order valence-electron chi connectivity index (χ1n) is 7.72. The highest BCUT2D eigenvalue weighted by atomic mass is 35.5. The first-order valence-corrected chi connectivity index (χ1v) is 8.10. The van der Waals surface area contributed by atoms with Crippen LogP contribution in [0.3, 0.4) is 0 Å². The van der Waals surface area contributed by atoms with E-state index < -0.39 is 22.3 Å². The number of fused-ring (bicyclic) bond motifs is 1. The van der Waals surface area contributed by atoms with E-state index in [1.807, 2.05) is 24.3 Å². The standard InChI is InChI=1S/C16H13ClN6O4/c17-11-7-10(16(25)14(8-11)23(26)27)9-18-20-15(24)5-6-22-13-4-2-1-3-12(13)19-21-22/h1-4,7-9,25H,5-6H2,(H,20,24). The van der Waals surface area contributed by atoms with Crippen LogP contribution in [0.5, 0.6) is 5.75 Å². The summed E-state index contributed by atoms with van der Waals surface area (Å²) in [7, 11) is 0. The molecule has 1 aromatic heterocycles. The lowest BCUT2D eigenvalue weighted by molar-refractivity contribution is -0.385. The van der Waals surface area contributed by atoms with Gasteiger partial charge in [-0.05, 0) is 18.2 Å². The molecular weight excluding hydrogens is 376 g/mol. The molecule has 11 heteroatoms. The van der Waals surface area contributed by atoms with Crippen molar-refractivity contribution in [3.8, 4) is 5.75 Å². The number of nitrogens with zero attached hydrogens (tertiary/aromatic N) is 5. The zero-order valence-electron chi connectivity index (χ0n) is 13.7. The Kier molecular flexibility index (Phi) is 5.27. The molecule has 1 heterocycles. The number of para-hydroxylation sites is 1. The summed E-state index contributed by atoms with van der Waals surface area (Å²) in [5.74, 6) is -0.988. The Balaban J connectivity index is 1.62. The molecule has 0 unspecified atom stereocenters. The minimum Gasteiger partial charge on any atom is -0.502 e. The molecule has 27 heavy (non-hydrogen) atoms. The van der Waals surface area contributed by atoms with E-state index in [-0.39, 0.29) is 17.0 Å². The lowest BCUT2D eigenvalue weighted by Gasteiger charge is -2.03. The van der Waals surface area contributed by atoms with Gasteiger partial charge < -0.3 is 5.11 Å². The SMILES string of the molecule is O=C(CCn1nnc2ccccc21)NN=Cc1cc(Cl)cc([N+](=O)[O-])c1O. The van der Waals surface area contributed by atoms with Crippen LogP contribution in [0.25, 0.3) is 11.0 Å². The molecule has 1 amide bonds. The van der Waals surface area contributed by atoms with Crippen LogP contribution in [0.15, 0.2) is 41.5 Å². The number of amides is 1. The van der Waals surface area contributed by atoms with E-state index in [1.165, 1.54) is 6.07 Å². The molecule has 0 aliphatic heterocycles. The van der Waals surface area contributed by atoms with E-state index in [0.29, 0.717) is 6.54 Å². The largest absolute Gasteiger partial charge is 0.502 e. The van der Waals surface area contributed by atoms with Crippen molar-refractivity contribution < 1.29 is 14.8 Å². The molecule has 2 aromatic carbocycles. The highest BCUT2D eigenvalue weighted by Crippen LogP contribution is 2.32. The molecule has 3 rings (SSSR count). The number of rotatable bonds is 6. The zero-order chi connectivity index (χ0) is 19.4. The number of nitro benzene ring substituents is 1. The number of nitrogens with one attached hydrogen (secondary N) is 1. The summed E-state index contributed by atoms with van der Waals surface area (Å²) in [6, 6.07) is 9.68. The van der Waals surface area contributed by atoms with Crippen LogP contribution in [0.2, 0.25) is 5.02 Å². The van der Waals surface area contributed by atoms with Crippen LogP contribution in [-0.4, -0.2) is 37.1 Å². The van der Waals surface area contributed by atoms with E-state index in [2.05, 4.69) is 20.8 Å². The van der Waals surface area contributed by atoms with Crippen molar-refractivity contribution in [2.75, 3.05) is 0 Å². The van der Waals surface area contributed by atoms with E-state index in [0.717, 1.165) is 23.3 Å². The number of benzene rings is 2. The molecule has 0 radical (unpaired) electrons. The molecule has 0 saturated heterocycles. The summed E-state index contributed by atoms with van der Waals surface area (Å²) >= 11 is 5.78. The summed E-state index contributed by atoms with van der Waals surface area (Å²) in [4.78, 5) is 22.0. The summed E-state index contributed by atoms with van der Waals surface area (Å²) in [5, 5.41) is 32.4. The fourth-order valence-corrected chi connectivity index (χ4v) is 2.58. The van der Waals surface area contributed by atoms with Crippen molar-refractivity contribution in [2.45, 2.75) is 13.0 Å². The monoisotopic (exact) mass is 388 g/mol. The van der Waals surface area contributed by atoms with Gasteiger partial charge in [-0.25, -0.2) is 10.1 Å². The van der Waals surface area contributed by atoms with Crippen LogP contribution in [0, 0.1) is 10.1 Å². The molecule has 0 bridgehead atoms. The summed E-state index contributed by atoms with van der Waals surface area (Å²) in [6.45, 7) is 0.301. The highest BCUT2D eigenvalue weighted by Gasteiger charge is 2.17. The van der Waals surface area contributed by atoms with Crippen molar-refractivity contribution in [3.05, 3.63) is 57.1 Å². The second kappa shape index (κ2) is 7.79. The Morgan fingerprint density at radius 3 is 2.96 bits per heavy atom. The number of hydrazone groups is 1. The molecule has 3 aromatic rings. The molecular formula is C16H13ClN6O4. The fraction of sp³-hybridized carbons (Fsp3) is 0.125. The minimum atomic E-state index is -0.764. The average Bonchev–Trinajstić information content (AvgIpc) is 3.05. The number of phenols is 1. The molecule has 2 N–H and O–H groups in total. The lowest BCUT2D eigenvalue weighted by atomic mass is 10.2. The van der Waals surface area contributed by atoms with Crippen molar-refractivity contribution in [2.24, 2.45) is 5.10 Å². The number of nitro groups is 1. The molecule has 10 nitrogen and oxygen atoms in total. The lowest BCUT2D eigenvalue weighted by Crippen LogP contribution is -2.19. The number of aromatic nitrogens is 3. The Morgan fingerprint density at radius 1 is 1.41 bits per heavy atom. The van der Waals surface area contributed by atoms with Crippen molar-refractivity contribution >= 4 is 40.4 Å². The van der Waals surface area contributed by atoms with E-state index in [1.54, 1.807) is 4.68 Å². The smallest absolute Gasteiger partial charge is 0.312 e. The number of aromatic hydroxyl groups is 1. The van der Waals surface area contributed by atoms with Gasteiger partial charge in [-0.3, -0.25) is 14.9 Å². The third-order valence-electron chi connectivity index (χ3n) is 3.64. The van der Waals surface area contributed by atoms with Gasteiger partial charge in [-0.1, -0.05) is 28.9 Å². The summed E-state index contributed by atoms with van der Waals surface area (Å²) in [6.07, 6.45) is 1.17. The van der Waals surface area contributed by atoms with Gasteiger partial charge in [0.05, 0.1) is 23.2 Å². The van der Waals surface area contributed by atoms with Crippen molar-refractivity contribution in [1.82, 2.24) is 20.4 Å². The Bertz CT molecular complexity index is 1050. The van der Waals surface area contributed by atoms with E-state index in [4.69, 9.17) is 11.6 Å². The van der Waals surface area contributed by atoms with Gasteiger partial charge in [0, 0.05) is 23.1 Å². The van der Waals surface area contributed by atoms with Crippen LogP contribution in [0.1, 0.15) is 12.0 Å². The summed E-state index contributed by atoms with van der Waals surface area (Å²) in [5.41, 5.74) is 3.29. The second-order valence-corrected chi connectivity index (χ2v) is 5.90. The number of halogens is 1. The van der Waals surface area contributed by atoms with Gasteiger partial charge in [0.25, 0.3) is 0 Å². The van der Waals surface area contributed by atoms with Crippen LogP contribution in [-0.2, 0) is 11.3 Å². The quantitative estimate of drug-likeness (QED) is 0.377. The number of hydrogen-bond donors (Lipinski definition) is 2. The van der Waals surface area contributed by atoms with E-state index in [9.17, 15) is 20.0 Å². The third kappa shape index (κ3) is 4.18. The number of phenolic OH excluding ortho intramolecular Hbond substituents is 1. The topological polar surface area (TPSA) is 136 Å². The van der Waals surface area contributed by atoms with Gasteiger partial charge in [0.1, 0.15) is 5.52 Å². The molecule has 0 aliphatic carbocycles. The maximum atomic E-state index is 11.9. The van der Waals surface area contributed by atoms with Crippen LogP contribution >= 0.6 is 11.6 Å². The normalized spacial score (nSPS) is 11.1. The van der Waals surface area contributed by atoms with Crippen molar-refractivity contribution in [1.29, 1.82) is 0 Å². The predicted octanol–water partition coefficient (Wildman–Crippen LogP) is 2.24. The van der Waals surface area contributed by atoms with Gasteiger partial charge in [0.2, 0.25) is 11.7 Å². The predicted molar refractivity (Wildman–Crippen MR) is 97.7 cm³/mol. The third-order valence-corrected chi connectivity index (χ3v) is 3.86. The summed E-state index contributed by atoms with van der Waals surface area (Å²) < 4.78 is 1.60. The minimum absolute atomic E-state index is 0.0109. The molecule has 0 saturated carbocycles. The number of aryl methyl sites for hydroxylation is 1. The van der Waals surface area contributed by atoms with E-state index >= 15 is 0 Å². The molecule has 138 valence electrons. The van der Waals surface area contributed by atoms with Gasteiger partial charge in [0.15, 0.2) is 0 Å². The Morgan fingerprint density at radius 2 is 2.19 bits per heavy atom. The first-order chi connectivity index (χ1) is 13.0. The maximum Gasteiger partial charge on any atom is 0.312 e. The first kappa shape index (κ1) is 18.3. The molecule has 0 fully saturated rings. The molecule has 0 aliphatic rings. The fourth-order valence-electron chi connectivity index (χ4n) is 2.36.